The zero-order valence-corrected chi connectivity index (χ0v) is 40.2. The second-order valence-electron chi connectivity index (χ2n) is 17.3. The van der Waals surface area contributed by atoms with Crippen molar-refractivity contribution in [3.05, 3.63) is 203 Å². The lowest BCUT2D eigenvalue weighted by Gasteiger charge is -2.48. The van der Waals surface area contributed by atoms with Crippen LogP contribution in [0, 0.1) is 0 Å². The van der Waals surface area contributed by atoms with E-state index >= 15 is 0 Å². The molecular formula is C57H58N2O13. The Morgan fingerprint density at radius 3 is 1.62 bits per heavy atom. The first kappa shape index (κ1) is 52.1. The van der Waals surface area contributed by atoms with Crippen LogP contribution in [0.15, 0.2) is 170 Å². The molecule has 7 rings (SSSR count). The second-order valence-corrected chi connectivity index (χ2v) is 17.3. The lowest BCUT2D eigenvalue weighted by atomic mass is 9.81. The zero-order chi connectivity index (χ0) is 51.0. The molecule has 9 atom stereocenters. The van der Waals surface area contributed by atoms with Crippen molar-refractivity contribution < 1.29 is 61.9 Å². The van der Waals surface area contributed by atoms with E-state index in [1.54, 1.807) is 109 Å². The zero-order valence-electron chi connectivity index (χ0n) is 40.2. The molecule has 72 heavy (non-hydrogen) atoms. The lowest BCUT2D eigenvalue weighted by molar-refractivity contribution is -0.315. The summed E-state index contributed by atoms with van der Waals surface area (Å²) >= 11 is 0. The van der Waals surface area contributed by atoms with Crippen LogP contribution in [0.2, 0.25) is 0 Å². The van der Waals surface area contributed by atoms with Crippen LogP contribution in [-0.4, -0.2) is 96.9 Å². The Kier molecular flexibility index (Phi) is 18.0. The number of carbonyl (C=O) groups excluding carboxylic acids is 6. The Morgan fingerprint density at radius 1 is 0.625 bits per heavy atom. The summed E-state index contributed by atoms with van der Waals surface area (Å²) in [4.78, 5) is 84.0. The van der Waals surface area contributed by atoms with Crippen molar-refractivity contribution in [2.75, 3.05) is 6.61 Å². The molecule has 1 saturated heterocycles. The number of carbonyl (C=O) groups is 6. The number of nitrogens with one attached hydrogen (secondary N) is 1. The summed E-state index contributed by atoms with van der Waals surface area (Å²) in [5, 5.41) is 2.98. The number of unbranched alkanes of at least 4 members (excludes halogenated alkanes) is 1. The van der Waals surface area contributed by atoms with Crippen molar-refractivity contribution >= 4 is 35.8 Å². The van der Waals surface area contributed by atoms with Crippen LogP contribution in [0.25, 0.3) is 0 Å². The Morgan fingerprint density at radius 2 is 1.11 bits per heavy atom. The molecule has 3 unspecified atom stereocenters. The van der Waals surface area contributed by atoms with Gasteiger partial charge in [0.05, 0.1) is 34.4 Å². The topological polar surface area (TPSA) is 205 Å². The molecule has 0 bridgehead atoms. The van der Waals surface area contributed by atoms with E-state index in [-0.39, 0.29) is 35.3 Å². The molecule has 1 fully saturated rings. The number of ether oxygens (including phenoxy) is 7. The molecule has 2 aliphatic rings. The summed E-state index contributed by atoms with van der Waals surface area (Å²) in [6, 6.07) is 38.2. The third-order valence-corrected chi connectivity index (χ3v) is 12.2. The van der Waals surface area contributed by atoms with E-state index in [0.717, 1.165) is 24.0 Å². The maximum atomic E-state index is 14.3. The molecule has 0 aromatic heterocycles. The van der Waals surface area contributed by atoms with Gasteiger partial charge in [-0.2, -0.15) is 0 Å². The van der Waals surface area contributed by atoms with Gasteiger partial charge >= 0.3 is 29.8 Å². The van der Waals surface area contributed by atoms with Gasteiger partial charge in [-0.05, 0) is 79.4 Å². The van der Waals surface area contributed by atoms with Crippen molar-refractivity contribution in [3.8, 4) is 0 Å². The number of allylic oxidation sites excluding steroid dienone is 2. The fraction of sp³-hybridized carbons (Fsp3) is 0.298. The third-order valence-electron chi connectivity index (χ3n) is 12.2. The molecule has 1 heterocycles. The first-order chi connectivity index (χ1) is 34.9. The molecule has 3 N–H and O–H groups in total. The van der Waals surface area contributed by atoms with Crippen molar-refractivity contribution in [1.29, 1.82) is 0 Å². The molecule has 1 amide bonds. The fourth-order valence-electron chi connectivity index (χ4n) is 8.23. The normalized spacial score (nSPS) is 22.1. The van der Waals surface area contributed by atoms with Crippen LogP contribution < -0.4 is 11.1 Å². The Labute approximate surface area is 418 Å². The highest BCUT2D eigenvalue weighted by Gasteiger charge is 2.57. The minimum Gasteiger partial charge on any atom is -0.464 e. The number of nitrogens with two attached hydrogens (primary N) is 1. The van der Waals surface area contributed by atoms with Gasteiger partial charge in [-0.15, -0.1) is 0 Å². The molecule has 374 valence electrons. The van der Waals surface area contributed by atoms with Gasteiger partial charge in [-0.3, -0.25) is 4.79 Å². The maximum Gasteiger partial charge on any atom is 0.338 e. The summed E-state index contributed by atoms with van der Waals surface area (Å²) in [6.07, 6.45) is -2.11. The molecule has 0 radical (unpaired) electrons. The number of hydrogen-bond donors (Lipinski definition) is 2. The predicted molar refractivity (Wildman–Crippen MR) is 264 cm³/mol. The average molecular weight is 979 g/mol. The number of hydrogen-bond acceptors (Lipinski definition) is 14. The van der Waals surface area contributed by atoms with E-state index in [4.69, 9.17) is 38.9 Å². The van der Waals surface area contributed by atoms with E-state index in [0.29, 0.717) is 6.42 Å². The van der Waals surface area contributed by atoms with Gasteiger partial charge in [0.1, 0.15) is 18.3 Å². The Hall–Kier alpha value is -7.72. The number of benzene rings is 5. The monoisotopic (exact) mass is 978 g/mol. The van der Waals surface area contributed by atoms with Gasteiger partial charge < -0.3 is 44.2 Å². The van der Waals surface area contributed by atoms with Gasteiger partial charge in [0.2, 0.25) is 5.91 Å². The minimum absolute atomic E-state index is 0.0608. The number of aryl methyl sites for hydroxylation is 1. The summed E-state index contributed by atoms with van der Waals surface area (Å²) in [7, 11) is 0. The Bertz CT molecular complexity index is 2680. The summed E-state index contributed by atoms with van der Waals surface area (Å²) in [5.74, 6) is -5.23. The van der Waals surface area contributed by atoms with Gasteiger partial charge in [0.25, 0.3) is 0 Å². The highest BCUT2D eigenvalue weighted by molar-refractivity contribution is 6.02. The lowest BCUT2D eigenvalue weighted by Crippen LogP contribution is -2.67. The minimum atomic E-state index is -1.76. The largest absolute Gasteiger partial charge is 0.464 e. The summed E-state index contributed by atoms with van der Waals surface area (Å²) < 4.78 is 44.1. The Balaban J connectivity index is 1.36. The molecular weight excluding hydrogens is 921 g/mol. The van der Waals surface area contributed by atoms with E-state index in [1.165, 1.54) is 43.3 Å². The van der Waals surface area contributed by atoms with Crippen LogP contribution in [0.3, 0.4) is 0 Å². The van der Waals surface area contributed by atoms with E-state index in [9.17, 15) is 28.8 Å². The van der Waals surface area contributed by atoms with Crippen LogP contribution in [0.1, 0.15) is 86.2 Å². The van der Waals surface area contributed by atoms with Gasteiger partial charge in [-0.1, -0.05) is 142 Å². The molecule has 5 aromatic carbocycles. The molecule has 0 spiro atoms. The van der Waals surface area contributed by atoms with Crippen LogP contribution in [0.5, 0.6) is 0 Å². The van der Waals surface area contributed by atoms with Gasteiger partial charge in [-0.25, -0.2) is 24.0 Å². The third kappa shape index (κ3) is 13.2. The van der Waals surface area contributed by atoms with E-state index in [1.807, 2.05) is 38.1 Å². The van der Waals surface area contributed by atoms with Crippen LogP contribution in [-0.2, 0) is 55.6 Å². The van der Waals surface area contributed by atoms with Crippen molar-refractivity contribution in [2.45, 2.75) is 101 Å². The van der Waals surface area contributed by atoms with Crippen molar-refractivity contribution in [3.63, 3.8) is 0 Å². The van der Waals surface area contributed by atoms with Crippen molar-refractivity contribution in [1.82, 2.24) is 5.32 Å². The number of esters is 5. The quantitative estimate of drug-likeness (QED) is 0.0336. The smallest absolute Gasteiger partial charge is 0.338 e. The molecule has 15 nitrogen and oxygen atoms in total. The molecule has 5 aromatic rings. The van der Waals surface area contributed by atoms with Crippen molar-refractivity contribution in [2.24, 2.45) is 5.73 Å². The summed E-state index contributed by atoms with van der Waals surface area (Å²) in [5.41, 5.74) is 7.06. The second kappa shape index (κ2) is 24.9. The standard InChI is InChI=1S/C57H58N2O13/c1-4-6-35-66-55(65)45(58)50(60)59-57(36-39-32-30-38(5-2)31-33-39)34-20-19-29-44(57)68-56-49(71-54(64)43-27-17-10-18-28-43)48(70-53(63)42-25-15-9-16-26-42)47(69-52(62)41-23-13-8-14-24-41)46(72-56)37(3)67-51(61)40-21-11-7-12-22-40/h7-34,37,44-49,56H,4-6,35-36,58H2,1-3H3,(H,59,60)/t37-,44?,45?,46-,47-,48+,49-,56-,57?/m1/s1. The van der Waals surface area contributed by atoms with Crippen LogP contribution in [0.4, 0.5) is 0 Å². The van der Waals surface area contributed by atoms with Gasteiger partial charge in [0.15, 0.2) is 30.6 Å². The highest BCUT2D eigenvalue weighted by atomic mass is 16.7. The fourth-order valence-corrected chi connectivity index (χ4v) is 8.23. The van der Waals surface area contributed by atoms with Gasteiger partial charge in [0, 0.05) is 6.42 Å². The first-order valence-electron chi connectivity index (χ1n) is 23.9. The van der Waals surface area contributed by atoms with Crippen LogP contribution >= 0.6 is 0 Å². The SMILES string of the molecule is CCCCOC(=O)C(N)C(=O)NC1(Cc2ccc(CC)cc2)C=CC=CC1O[C@@H]1O[C@H]([C@@H](C)OC(=O)c2ccccc2)[C@@H](OC(=O)c2ccccc2)[C@H](OC(=O)c2ccccc2)[C@H]1OC(=O)c1ccccc1. The number of amides is 1. The molecule has 1 aliphatic carbocycles. The number of rotatable bonds is 20. The molecule has 0 saturated carbocycles. The summed E-state index contributed by atoms with van der Waals surface area (Å²) in [6.45, 7) is 5.53. The van der Waals surface area contributed by atoms with E-state index < -0.39 is 90.2 Å². The highest BCUT2D eigenvalue weighted by Crippen LogP contribution is 2.37. The maximum absolute atomic E-state index is 14.3. The first-order valence-corrected chi connectivity index (χ1v) is 23.9. The average Bonchev–Trinajstić information content (AvgIpc) is 3.41. The van der Waals surface area contributed by atoms with E-state index in [2.05, 4.69) is 5.32 Å². The molecule has 15 heteroatoms. The predicted octanol–water partition coefficient (Wildman–Crippen LogP) is 7.48. The molecule has 1 aliphatic heterocycles.